The summed E-state index contributed by atoms with van der Waals surface area (Å²) in [5.74, 6) is 1.50. The molecule has 0 spiro atoms. The summed E-state index contributed by atoms with van der Waals surface area (Å²) in [5, 5.41) is 3.96. The summed E-state index contributed by atoms with van der Waals surface area (Å²) in [5.41, 5.74) is 0.134. The number of rotatable bonds is 3. The summed E-state index contributed by atoms with van der Waals surface area (Å²) in [6, 6.07) is 7.48. The Morgan fingerprint density at radius 1 is 1.35 bits per heavy atom. The average molecular weight is 314 g/mol. The second-order valence-corrected chi connectivity index (χ2v) is 7.41. The Morgan fingerprint density at radius 2 is 2.05 bits per heavy atom. The van der Waals surface area contributed by atoms with Gasteiger partial charge in [0, 0.05) is 5.75 Å². The van der Waals surface area contributed by atoms with Gasteiger partial charge in [-0.05, 0) is 29.7 Å². The van der Waals surface area contributed by atoms with Gasteiger partial charge in [0.1, 0.15) is 5.54 Å². The van der Waals surface area contributed by atoms with Gasteiger partial charge in [0.05, 0.1) is 17.8 Å². The monoisotopic (exact) mass is 313 g/mol. The van der Waals surface area contributed by atoms with Crippen molar-refractivity contribution in [2.24, 2.45) is 5.41 Å². The van der Waals surface area contributed by atoms with Crippen LogP contribution in [0.15, 0.2) is 24.3 Å². The van der Waals surface area contributed by atoms with Crippen LogP contribution in [0.4, 0.5) is 5.69 Å². The quantitative estimate of drug-likeness (QED) is 0.861. The number of esters is 1. The number of halogens is 1. The van der Waals surface area contributed by atoms with Crippen LogP contribution in [0, 0.1) is 5.41 Å². The Hall–Kier alpha value is -0.870. The fourth-order valence-electron chi connectivity index (χ4n) is 2.70. The molecule has 0 aromatic heterocycles. The molecule has 1 N–H and O–H groups in total. The Morgan fingerprint density at radius 3 is 2.65 bits per heavy atom. The predicted molar refractivity (Wildman–Crippen MR) is 85.5 cm³/mol. The molecule has 1 saturated heterocycles. The number of methoxy groups -OCH3 is 1. The lowest BCUT2D eigenvalue weighted by Crippen LogP contribution is -2.55. The topological polar surface area (TPSA) is 38.3 Å². The minimum Gasteiger partial charge on any atom is -0.467 e. The van der Waals surface area contributed by atoms with E-state index in [1.54, 1.807) is 11.8 Å². The third-order valence-electron chi connectivity index (χ3n) is 3.45. The number of ether oxygens (including phenoxy) is 1. The molecule has 1 aliphatic rings. The number of nitrogens with one attached hydrogen (secondary N) is 1. The van der Waals surface area contributed by atoms with Gasteiger partial charge in [-0.15, -0.1) is 0 Å². The van der Waals surface area contributed by atoms with Crippen LogP contribution in [0.2, 0.25) is 5.02 Å². The summed E-state index contributed by atoms with van der Waals surface area (Å²) in [4.78, 5) is 12.4. The van der Waals surface area contributed by atoms with E-state index >= 15 is 0 Å². The normalized spacial score (nSPS) is 25.0. The van der Waals surface area contributed by atoms with E-state index in [0.717, 1.165) is 17.9 Å². The van der Waals surface area contributed by atoms with Gasteiger partial charge in [0.2, 0.25) is 0 Å². The Labute approximate surface area is 129 Å². The number of carbonyl (C=O) groups excluding carboxylic acids is 1. The van der Waals surface area contributed by atoms with Gasteiger partial charge in [0.25, 0.3) is 0 Å². The van der Waals surface area contributed by atoms with Gasteiger partial charge in [0.15, 0.2) is 0 Å². The molecule has 1 aliphatic heterocycles. The smallest absolute Gasteiger partial charge is 0.332 e. The largest absolute Gasteiger partial charge is 0.467 e. The Bertz CT molecular complexity index is 506. The molecule has 5 heteroatoms. The molecule has 20 heavy (non-hydrogen) atoms. The number of hydrogen-bond acceptors (Lipinski definition) is 4. The van der Waals surface area contributed by atoms with Crippen LogP contribution in [0.25, 0.3) is 0 Å². The lowest BCUT2D eigenvalue weighted by molar-refractivity contribution is -0.146. The molecule has 110 valence electrons. The molecule has 1 fully saturated rings. The average Bonchev–Trinajstić information content (AvgIpc) is 2.39. The van der Waals surface area contributed by atoms with Crippen LogP contribution >= 0.6 is 23.4 Å². The van der Waals surface area contributed by atoms with E-state index in [2.05, 4.69) is 19.2 Å². The highest BCUT2D eigenvalue weighted by Gasteiger charge is 2.47. The van der Waals surface area contributed by atoms with Crippen molar-refractivity contribution in [1.29, 1.82) is 0 Å². The van der Waals surface area contributed by atoms with E-state index in [4.69, 9.17) is 16.3 Å². The highest BCUT2D eigenvalue weighted by atomic mass is 35.5. The second-order valence-electron chi connectivity index (χ2n) is 6.01. The van der Waals surface area contributed by atoms with Crippen molar-refractivity contribution in [3.05, 3.63) is 29.3 Å². The van der Waals surface area contributed by atoms with Crippen LogP contribution in [0.1, 0.15) is 20.3 Å². The van der Waals surface area contributed by atoms with E-state index in [0.29, 0.717) is 10.8 Å². The lowest BCUT2D eigenvalue weighted by atomic mass is 9.79. The molecule has 0 aliphatic carbocycles. The van der Waals surface area contributed by atoms with Crippen molar-refractivity contribution in [1.82, 2.24) is 0 Å². The Kier molecular flexibility index (Phi) is 4.55. The van der Waals surface area contributed by atoms with E-state index in [1.807, 2.05) is 24.3 Å². The zero-order valence-corrected chi connectivity index (χ0v) is 13.6. The lowest BCUT2D eigenvalue weighted by Gasteiger charge is -2.43. The molecular weight excluding hydrogens is 294 g/mol. The van der Waals surface area contributed by atoms with Gasteiger partial charge < -0.3 is 10.1 Å². The Balaban J connectivity index is 2.33. The standard InChI is InChI=1S/C15H20ClNO2S/c1-14(2)8-15(10-20-9-14,13(18)19-3)17-12-7-5-4-6-11(12)16/h4-7,17H,8-10H2,1-3H3. The molecule has 0 saturated carbocycles. The third kappa shape index (κ3) is 3.23. The minimum atomic E-state index is -0.716. The van der Waals surface area contributed by atoms with Crippen LogP contribution < -0.4 is 5.32 Å². The van der Waals surface area contributed by atoms with Crippen LogP contribution in [0.3, 0.4) is 0 Å². The summed E-state index contributed by atoms with van der Waals surface area (Å²) in [6.07, 6.45) is 0.727. The first-order valence-corrected chi connectivity index (χ1v) is 8.11. The van der Waals surface area contributed by atoms with Crippen LogP contribution in [0.5, 0.6) is 0 Å². The summed E-state index contributed by atoms with van der Waals surface area (Å²) in [6.45, 7) is 4.34. The first-order valence-electron chi connectivity index (χ1n) is 6.57. The minimum absolute atomic E-state index is 0.0748. The molecule has 1 unspecified atom stereocenters. The van der Waals surface area contributed by atoms with Crippen molar-refractivity contribution < 1.29 is 9.53 Å². The zero-order valence-electron chi connectivity index (χ0n) is 12.0. The van der Waals surface area contributed by atoms with E-state index < -0.39 is 5.54 Å². The first kappa shape index (κ1) is 15.5. The number of para-hydroxylation sites is 1. The number of benzene rings is 1. The van der Waals surface area contributed by atoms with Crippen molar-refractivity contribution >= 4 is 35.0 Å². The van der Waals surface area contributed by atoms with Crippen molar-refractivity contribution in [2.75, 3.05) is 23.9 Å². The maximum atomic E-state index is 12.4. The molecule has 0 bridgehead atoms. The third-order valence-corrected chi connectivity index (χ3v) is 5.46. The SMILES string of the molecule is COC(=O)C1(Nc2ccccc2Cl)CSCC(C)(C)C1. The van der Waals surface area contributed by atoms with Gasteiger partial charge in [-0.2, -0.15) is 11.8 Å². The highest BCUT2D eigenvalue weighted by Crippen LogP contribution is 2.42. The van der Waals surface area contributed by atoms with Gasteiger partial charge in [-0.25, -0.2) is 4.79 Å². The van der Waals surface area contributed by atoms with Crippen molar-refractivity contribution in [2.45, 2.75) is 25.8 Å². The number of thioether (sulfide) groups is 1. The summed E-state index contributed by atoms with van der Waals surface area (Å²) >= 11 is 7.97. The fraction of sp³-hybridized carbons (Fsp3) is 0.533. The molecule has 2 rings (SSSR count). The van der Waals surface area contributed by atoms with Crippen LogP contribution in [-0.2, 0) is 9.53 Å². The first-order chi connectivity index (χ1) is 9.38. The maximum Gasteiger partial charge on any atom is 0.332 e. The number of carbonyl (C=O) groups is 1. The molecule has 1 atom stereocenters. The second kappa shape index (κ2) is 5.86. The highest BCUT2D eigenvalue weighted by molar-refractivity contribution is 7.99. The van der Waals surface area contributed by atoms with E-state index in [9.17, 15) is 4.79 Å². The molecule has 0 amide bonds. The fourth-order valence-corrected chi connectivity index (χ4v) is 4.28. The van der Waals surface area contributed by atoms with E-state index in [1.165, 1.54) is 7.11 Å². The summed E-state index contributed by atoms with van der Waals surface area (Å²) < 4.78 is 5.04. The van der Waals surface area contributed by atoms with Gasteiger partial charge in [-0.3, -0.25) is 0 Å². The molecule has 3 nitrogen and oxygen atoms in total. The number of hydrogen-bond donors (Lipinski definition) is 1. The van der Waals surface area contributed by atoms with Crippen LogP contribution in [-0.4, -0.2) is 30.1 Å². The number of anilines is 1. The van der Waals surface area contributed by atoms with Gasteiger partial charge >= 0.3 is 5.97 Å². The predicted octanol–water partition coefficient (Wildman–Crippen LogP) is 3.83. The summed E-state index contributed by atoms with van der Waals surface area (Å²) in [7, 11) is 1.44. The molecule has 0 radical (unpaired) electrons. The van der Waals surface area contributed by atoms with Crippen molar-refractivity contribution in [3.63, 3.8) is 0 Å². The maximum absolute atomic E-state index is 12.4. The zero-order chi connectivity index (χ0) is 14.8. The molecule has 1 aromatic carbocycles. The molecule has 1 aromatic rings. The molecular formula is C15H20ClNO2S. The van der Waals surface area contributed by atoms with E-state index in [-0.39, 0.29) is 11.4 Å². The van der Waals surface area contributed by atoms with Crippen molar-refractivity contribution in [3.8, 4) is 0 Å². The van der Waals surface area contributed by atoms with Gasteiger partial charge in [-0.1, -0.05) is 37.6 Å². The molecule has 1 heterocycles.